The van der Waals surface area contributed by atoms with E-state index in [0.717, 1.165) is 5.69 Å². The molecule has 0 aromatic heterocycles. The lowest BCUT2D eigenvalue weighted by Crippen LogP contribution is -1.98. The number of aryl methyl sites for hydroxylation is 1. The summed E-state index contributed by atoms with van der Waals surface area (Å²) >= 11 is 0. The molecule has 0 atom stereocenters. The van der Waals surface area contributed by atoms with Gasteiger partial charge in [-0.2, -0.15) is 0 Å². The molecule has 0 bridgehead atoms. The van der Waals surface area contributed by atoms with E-state index in [-0.39, 0.29) is 12.6 Å². The van der Waals surface area contributed by atoms with Gasteiger partial charge in [-0.3, -0.25) is 4.79 Å². The second-order valence-electron chi connectivity index (χ2n) is 5.16. The standard InChI is InChI=1S/C18H17NO3/c1-12-4-3-5-15(13(12)2)19-9-8-16(20)14-6-7-17-18(10-14)22-11-21-17/h3-10,19H,11H2,1-2H3. The highest BCUT2D eigenvalue weighted by molar-refractivity contribution is 6.05. The van der Waals surface area contributed by atoms with E-state index in [1.54, 1.807) is 24.4 Å². The summed E-state index contributed by atoms with van der Waals surface area (Å²) in [4.78, 5) is 12.2. The monoisotopic (exact) mass is 295 g/mol. The van der Waals surface area contributed by atoms with Crippen LogP contribution in [-0.2, 0) is 0 Å². The number of allylic oxidation sites excluding steroid dienone is 1. The second-order valence-corrected chi connectivity index (χ2v) is 5.16. The number of benzene rings is 2. The third-order valence-corrected chi connectivity index (χ3v) is 3.74. The second kappa shape index (κ2) is 5.93. The lowest BCUT2D eigenvalue weighted by atomic mass is 10.1. The van der Waals surface area contributed by atoms with E-state index in [9.17, 15) is 4.79 Å². The predicted octanol–water partition coefficient (Wildman–Crippen LogP) is 3.84. The van der Waals surface area contributed by atoms with Gasteiger partial charge in [0.15, 0.2) is 17.3 Å². The fraction of sp³-hybridized carbons (Fsp3) is 0.167. The Labute approximate surface area is 129 Å². The van der Waals surface area contributed by atoms with Gasteiger partial charge in [0.05, 0.1) is 0 Å². The van der Waals surface area contributed by atoms with Crippen molar-refractivity contribution in [2.75, 3.05) is 12.1 Å². The van der Waals surface area contributed by atoms with Crippen molar-refractivity contribution in [2.24, 2.45) is 0 Å². The Hall–Kier alpha value is -2.75. The molecule has 0 saturated carbocycles. The minimum Gasteiger partial charge on any atom is -0.454 e. The first-order valence-corrected chi connectivity index (χ1v) is 7.08. The molecular formula is C18H17NO3. The minimum absolute atomic E-state index is 0.0869. The summed E-state index contributed by atoms with van der Waals surface area (Å²) in [5, 5.41) is 3.15. The number of carbonyl (C=O) groups is 1. The van der Waals surface area contributed by atoms with Crippen LogP contribution < -0.4 is 14.8 Å². The average molecular weight is 295 g/mol. The first kappa shape index (κ1) is 14.2. The minimum atomic E-state index is -0.0869. The summed E-state index contributed by atoms with van der Waals surface area (Å²) in [5.41, 5.74) is 3.95. The van der Waals surface area contributed by atoms with Gasteiger partial charge in [-0.15, -0.1) is 0 Å². The van der Waals surface area contributed by atoms with Crippen molar-refractivity contribution in [3.63, 3.8) is 0 Å². The van der Waals surface area contributed by atoms with Gasteiger partial charge in [-0.1, -0.05) is 12.1 Å². The van der Waals surface area contributed by atoms with Crippen LogP contribution in [0.25, 0.3) is 0 Å². The highest BCUT2D eigenvalue weighted by atomic mass is 16.7. The number of ether oxygens (including phenoxy) is 2. The highest BCUT2D eigenvalue weighted by Crippen LogP contribution is 2.32. The van der Waals surface area contributed by atoms with Crippen LogP contribution in [-0.4, -0.2) is 12.6 Å². The van der Waals surface area contributed by atoms with Crippen LogP contribution in [0, 0.1) is 13.8 Å². The molecule has 112 valence electrons. The number of nitrogens with one attached hydrogen (secondary N) is 1. The largest absolute Gasteiger partial charge is 0.454 e. The van der Waals surface area contributed by atoms with E-state index in [1.165, 1.54) is 17.2 Å². The molecule has 0 radical (unpaired) electrons. The molecule has 1 aliphatic heterocycles. The number of rotatable bonds is 4. The zero-order chi connectivity index (χ0) is 15.5. The van der Waals surface area contributed by atoms with Gasteiger partial charge in [-0.25, -0.2) is 0 Å². The molecule has 1 aliphatic rings. The summed E-state index contributed by atoms with van der Waals surface area (Å²) in [6.45, 7) is 4.31. The summed E-state index contributed by atoms with van der Waals surface area (Å²) in [6.07, 6.45) is 3.17. The molecule has 22 heavy (non-hydrogen) atoms. The molecule has 2 aromatic rings. The first-order chi connectivity index (χ1) is 10.6. The molecule has 0 fully saturated rings. The van der Waals surface area contributed by atoms with Crippen LogP contribution in [0.15, 0.2) is 48.7 Å². The van der Waals surface area contributed by atoms with Crippen LogP contribution in [0.1, 0.15) is 21.5 Å². The van der Waals surface area contributed by atoms with Gasteiger partial charge >= 0.3 is 0 Å². The van der Waals surface area contributed by atoms with Crippen LogP contribution in [0.3, 0.4) is 0 Å². The van der Waals surface area contributed by atoms with Crippen molar-refractivity contribution in [2.45, 2.75) is 13.8 Å². The topological polar surface area (TPSA) is 47.6 Å². The van der Waals surface area contributed by atoms with Gasteiger partial charge in [0.2, 0.25) is 6.79 Å². The van der Waals surface area contributed by atoms with E-state index in [4.69, 9.17) is 9.47 Å². The maximum Gasteiger partial charge on any atom is 0.231 e. The van der Waals surface area contributed by atoms with Gasteiger partial charge in [0, 0.05) is 23.5 Å². The summed E-state index contributed by atoms with van der Waals surface area (Å²) in [6, 6.07) is 11.2. The fourth-order valence-corrected chi connectivity index (χ4v) is 2.26. The van der Waals surface area contributed by atoms with Crippen LogP contribution in [0.4, 0.5) is 5.69 Å². The van der Waals surface area contributed by atoms with E-state index in [2.05, 4.69) is 18.3 Å². The van der Waals surface area contributed by atoms with Crippen LogP contribution in [0.5, 0.6) is 11.5 Å². The Morgan fingerprint density at radius 1 is 1.14 bits per heavy atom. The van der Waals surface area contributed by atoms with E-state index in [0.29, 0.717) is 17.1 Å². The highest BCUT2D eigenvalue weighted by Gasteiger charge is 2.14. The van der Waals surface area contributed by atoms with E-state index < -0.39 is 0 Å². The zero-order valence-electron chi connectivity index (χ0n) is 12.6. The first-order valence-electron chi connectivity index (χ1n) is 7.08. The zero-order valence-corrected chi connectivity index (χ0v) is 12.6. The smallest absolute Gasteiger partial charge is 0.231 e. The number of carbonyl (C=O) groups excluding carboxylic acids is 1. The van der Waals surface area contributed by atoms with Gasteiger partial charge in [0.1, 0.15) is 0 Å². The maximum absolute atomic E-state index is 12.2. The van der Waals surface area contributed by atoms with E-state index >= 15 is 0 Å². The van der Waals surface area contributed by atoms with Crippen molar-refractivity contribution < 1.29 is 14.3 Å². The van der Waals surface area contributed by atoms with Crippen molar-refractivity contribution in [1.82, 2.24) is 0 Å². The van der Waals surface area contributed by atoms with Crippen molar-refractivity contribution in [3.05, 3.63) is 65.4 Å². The van der Waals surface area contributed by atoms with Crippen molar-refractivity contribution in [1.29, 1.82) is 0 Å². The molecule has 4 nitrogen and oxygen atoms in total. The molecule has 0 spiro atoms. The normalized spacial score (nSPS) is 12.6. The maximum atomic E-state index is 12.2. The average Bonchev–Trinajstić information content (AvgIpc) is 2.98. The molecule has 1 heterocycles. The molecule has 4 heteroatoms. The Bertz CT molecular complexity index is 750. The fourth-order valence-electron chi connectivity index (χ4n) is 2.26. The number of hydrogen-bond acceptors (Lipinski definition) is 4. The Balaban J connectivity index is 1.70. The number of ketones is 1. The Kier molecular flexibility index (Phi) is 3.83. The van der Waals surface area contributed by atoms with Crippen LogP contribution >= 0.6 is 0 Å². The Morgan fingerprint density at radius 3 is 2.82 bits per heavy atom. The summed E-state index contributed by atoms with van der Waals surface area (Å²) < 4.78 is 10.5. The van der Waals surface area contributed by atoms with Gasteiger partial charge < -0.3 is 14.8 Å². The molecule has 0 aliphatic carbocycles. The summed E-state index contributed by atoms with van der Waals surface area (Å²) in [7, 11) is 0. The lowest BCUT2D eigenvalue weighted by molar-refractivity contribution is 0.104. The van der Waals surface area contributed by atoms with E-state index in [1.807, 2.05) is 19.1 Å². The SMILES string of the molecule is Cc1cccc(NC=CC(=O)c2ccc3c(c2)OCO3)c1C. The molecule has 0 amide bonds. The molecule has 0 saturated heterocycles. The van der Waals surface area contributed by atoms with Crippen molar-refractivity contribution >= 4 is 11.5 Å². The predicted molar refractivity (Wildman–Crippen MR) is 85.6 cm³/mol. The Morgan fingerprint density at radius 2 is 1.95 bits per heavy atom. The molecular weight excluding hydrogens is 278 g/mol. The third-order valence-electron chi connectivity index (χ3n) is 3.74. The van der Waals surface area contributed by atoms with Gasteiger partial charge in [-0.05, 0) is 49.2 Å². The molecule has 3 rings (SSSR count). The number of hydrogen-bond donors (Lipinski definition) is 1. The van der Waals surface area contributed by atoms with Crippen LogP contribution in [0.2, 0.25) is 0 Å². The molecule has 2 aromatic carbocycles. The third kappa shape index (κ3) is 2.81. The molecule has 1 N–H and O–H groups in total. The number of anilines is 1. The quantitative estimate of drug-likeness (QED) is 0.687. The van der Waals surface area contributed by atoms with Gasteiger partial charge in [0.25, 0.3) is 0 Å². The lowest BCUT2D eigenvalue weighted by Gasteiger charge is -2.07. The molecule has 0 unspecified atom stereocenters. The number of fused-ring (bicyclic) bond motifs is 1. The van der Waals surface area contributed by atoms with Crippen molar-refractivity contribution in [3.8, 4) is 11.5 Å². The summed E-state index contributed by atoms with van der Waals surface area (Å²) in [5.74, 6) is 1.20.